The first-order valence-corrected chi connectivity index (χ1v) is 8.69. The quantitative estimate of drug-likeness (QED) is 0.704. The molecule has 3 aromatic rings. The molecule has 0 saturated heterocycles. The van der Waals surface area contributed by atoms with Crippen LogP contribution in [0.15, 0.2) is 45.9 Å². The van der Waals surface area contributed by atoms with Crippen molar-refractivity contribution < 1.29 is 17.6 Å². The monoisotopic (exact) mass is 347 g/mol. The first kappa shape index (κ1) is 16.4. The van der Waals surface area contributed by atoms with Crippen LogP contribution in [-0.4, -0.2) is 36.8 Å². The number of ether oxygens (including phenoxy) is 1. The number of sulfonamides is 1. The Morgan fingerprint density at radius 1 is 1.08 bits per heavy atom. The highest BCUT2D eigenvalue weighted by Gasteiger charge is 2.21. The topological polar surface area (TPSA) is 85.5 Å². The van der Waals surface area contributed by atoms with Crippen molar-refractivity contribution >= 4 is 21.1 Å². The lowest BCUT2D eigenvalue weighted by Gasteiger charge is -2.09. The summed E-state index contributed by atoms with van der Waals surface area (Å²) in [6, 6.07) is 10.5. The van der Waals surface area contributed by atoms with Crippen molar-refractivity contribution in [1.29, 1.82) is 0 Å². The largest absolute Gasteiger partial charge is 0.468 e. The molecule has 8 heteroatoms. The maximum absolute atomic E-state index is 12.0. The smallest absolute Gasteiger partial charge is 0.275 e. The van der Waals surface area contributed by atoms with Crippen LogP contribution in [0.3, 0.4) is 0 Å². The van der Waals surface area contributed by atoms with Crippen molar-refractivity contribution in [1.82, 2.24) is 14.3 Å². The Labute approximate surface area is 139 Å². The van der Waals surface area contributed by atoms with Gasteiger partial charge >= 0.3 is 0 Å². The number of nitrogens with zero attached hydrogens (tertiary/aromatic N) is 3. The molecule has 0 aliphatic heterocycles. The molecule has 0 aliphatic rings. The van der Waals surface area contributed by atoms with Crippen LogP contribution in [0.4, 0.5) is 0 Å². The van der Waals surface area contributed by atoms with E-state index in [0.717, 1.165) is 15.3 Å². The van der Waals surface area contributed by atoms with Gasteiger partial charge in [0.25, 0.3) is 10.0 Å². The van der Waals surface area contributed by atoms with Crippen molar-refractivity contribution in [2.75, 3.05) is 14.1 Å². The van der Waals surface area contributed by atoms with Gasteiger partial charge in [0, 0.05) is 14.1 Å². The zero-order chi connectivity index (χ0) is 17.3. The van der Waals surface area contributed by atoms with Gasteiger partial charge in [0.1, 0.15) is 18.1 Å². The van der Waals surface area contributed by atoms with E-state index < -0.39 is 10.0 Å². The fourth-order valence-electron chi connectivity index (χ4n) is 2.10. The van der Waals surface area contributed by atoms with E-state index in [2.05, 4.69) is 9.97 Å². The maximum atomic E-state index is 12.0. The van der Waals surface area contributed by atoms with Crippen LogP contribution in [0.25, 0.3) is 11.0 Å². The lowest BCUT2D eigenvalue weighted by atomic mass is 10.3. The SMILES string of the molecule is Cc1nc2ccccc2nc1OCc1ccc(S(=O)(=O)N(C)C)o1. The first-order valence-electron chi connectivity index (χ1n) is 7.25. The number of aryl methyl sites for hydroxylation is 1. The normalized spacial score (nSPS) is 12.0. The molecule has 2 aromatic heterocycles. The van der Waals surface area contributed by atoms with E-state index in [4.69, 9.17) is 9.15 Å². The van der Waals surface area contributed by atoms with Crippen molar-refractivity contribution in [3.63, 3.8) is 0 Å². The number of fused-ring (bicyclic) bond motifs is 1. The summed E-state index contributed by atoms with van der Waals surface area (Å²) in [5, 5.41) is -0.118. The van der Waals surface area contributed by atoms with Crippen molar-refractivity contribution in [2.24, 2.45) is 0 Å². The number of hydrogen-bond donors (Lipinski definition) is 0. The summed E-state index contributed by atoms with van der Waals surface area (Å²) in [5.41, 5.74) is 2.18. The lowest BCUT2D eigenvalue weighted by molar-refractivity contribution is 0.246. The average molecular weight is 347 g/mol. The van der Waals surface area contributed by atoms with Gasteiger partial charge < -0.3 is 9.15 Å². The minimum Gasteiger partial charge on any atom is -0.468 e. The molecular formula is C16H17N3O4S. The Hall–Kier alpha value is -2.45. The summed E-state index contributed by atoms with van der Waals surface area (Å²) in [5.74, 6) is 0.784. The van der Waals surface area contributed by atoms with E-state index in [9.17, 15) is 8.42 Å². The Balaban J connectivity index is 1.79. The molecule has 0 radical (unpaired) electrons. The van der Waals surface area contributed by atoms with E-state index in [-0.39, 0.29) is 11.7 Å². The van der Waals surface area contributed by atoms with E-state index in [1.54, 1.807) is 13.0 Å². The predicted octanol–water partition coefficient (Wildman–Crippen LogP) is 2.36. The molecule has 0 unspecified atom stereocenters. The second-order valence-corrected chi connectivity index (χ2v) is 7.48. The second kappa shape index (κ2) is 6.21. The highest BCUT2D eigenvalue weighted by atomic mass is 32.2. The third-order valence-corrected chi connectivity index (χ3v) is 5.11. The highest BCUT2D eigenvalue weighted by molar-refractivity contribution is 7.88. The number of para-hydroxylation sites is 2. The van der Waals surface area contributed by atoms with Gasteiger partial charge in [-0.25, -0.2) is 22.7 Å². The van der Waals surface area contributed by atoms with Crippen LogP contribution in [0, 0.1) is 6.92 Å². The van der Waals surface area contributed by atoms with Crippen molar-refractivity contribution in [3.8, 4) is 5.88 Å². The maximum Gasteiger partial charge on any atom is 0.275 e. The fraction of sp³-hybridized carbons (Fsp3) is 0.250. The molecule has 126 valence electrons. The average Bonchev–Trinajstić information content (AvgIpc) is 3.02. The zero-order valence-corrected chi connectivity index (χ0v) is 14.4. The van der Waals surface area contributed by atoms with Crippen LogP contribution >= 0.6 is 0 Å². The molecule has 0 fully saturated rings. The third kappa shape index (κ3) is 3.10. The number of hydrogen-bond acceptors (Lipinski definition) is 6. The van der Waals surface area contributed by atoms with Gasteiger partial charge in [-0.05, 0) is 31.2 Å². The summed E-state index contributed by atoms with van der Waals surface area (Å²) < 4.78 is 36.1. The van der Waals surface area contributed by atoms with E-state index in [0.29, 0.717) is 17.3 Å². The van der Waals surface area contributed by atoms with Gasteiger partial charge in [-0.15, -0.1) is 0 Å². The number of aromatic nitrogens is 2. The molecule has 1 aromatic carbocycles. The summed E-state index contributed by atoms with van der Waals surface area (Å²) in [6.07, 6.45) is 0. The molecule has 0 atom stereocenters. The molecule has 3 rings (SSSR count). The molecule has 0 spiro atoms. The van der Waals surface area contributed by atoms with Crippen molar-refractivity contribution in [2.45, 2.75) is 18.6 Å². The Morgan fingerprint density at radius 2 is 1.75 bits per heavy atom. The number of benzene rings is 1. The molecule has 24 heavy (non-hydrogen) atoms. The highest BCUT2D eigenvalue weighted by Crippen LogP contribution is 2.21. The Bertz CT molecular complexity index is 980. The molecule has 7 nitrogen and oxygen atoms in total. The molecule has 0 aliphatic carbocycles. The van der Waals surface area contributed by atoms with Gasteiger partial charge in [-0.2, -0.15) is 0 Å². The van der Waals surface area contributed by atoms with Crippen LogP contribution in [-0.2, 0) is 16.6 Å². The van der Waals surface area contributed by atoms with E-state index in [1.165, 1.54) is 20.2 Å². The molecule has 0 bridgehead atoms. The zero-order valence-electron chi connectivity index (χ0n) is 13.6. The standard InChI is InChI=1S/C16H17N3O4S/c1-11-16(18-14-7-5-4-6-13(14)17-11)22-10-12-8-9-15(23-12)24(20,21)19(2)3/h4-9H,10H2,1-3H3. The molecule has 0 amide bonds. The summed E-state index contributed by atoms with van der Waals surface area (Å²) in [7, 11) is -0.700. The van der Waals surface area contributed by atoms with Gasteiger partial charge in [-0.1, -0.05) is 12.1 Å². The minimum atomic E-state index is -3.59. The summed E-state index contributed by atoms with van der Waals surface area (Å²) in [4.78, 5) is 8.86. The second-order valence-electron chi connectivity index (χ2n) is 5.40. The molecule has 0 N–H and O–H groups in total. The van der Waals surface area contributed by atoms with Crippen LogP contribution < -0.4 is 4.74 Å². The molecular weight excluding hydrogens is 330 g/mol. The van der Waals surface area contributed by atoms with Crippen LogP contribution in [0.1, 0.15) is 11.5 Å². The molecule has 0 saturated carbocycles. The van der Waals surface area contributed by atoms with Gasteiger partial charge in [0.15, 0.2) is 0 Å². The number of furan rings is 1. The van der Waals surface area contributed by atoms with Crippen molar-refractivity contribution in [3.05, 3.63) is 47.9 Å². The van der Waals surface area contributed by atoms with E-state index >= 15 is 0 Å². The fourth-order valence-corrected chi connectivity index (χ4v) is 2.91. The number of rotatable bonds is 5. The van der Waals surface area contributed by atoms with Crippen LogP contribution in [0.2, 0.25) is 0 Å². The van der Waals surface area contributed by atoms with Crippen LogP contribution in [0.5, 0.6) is 5.88 Å². The summed E-state index contributed by atoms with van der Waals surface area (Å²) >= 11 is 0. The van der Waals surface area contributed by atoms with Gasteiger partial charge in [0.05, 0.1) is 11.0 Å². The van der Waals surface area contributed by atoms with E-state index in [1.807, 2.05) is 24.3 Å². The first-order chi connectivity index (χ1) is 11.4. The lowest BCUT2D eigenvalue weighted by Crippen LogP contribution is -2.21. The van der Waals surface area contributed by atoms with Gasteiger partial charge in [-0.3, -0.25) is 0 Å². The summed E-state index contributed by atoms with van der Waals surface area (Å²) in [6.45, 7) is 1.87. The van der Waals surface area contributed by atoms with Gasteiger partial charge in [0.2, 0.25) is 11.0 Å². The Kier molecular flexibility index (Phi) is 4.25. The predicted molar refractivity (Wildman–Crippen MR) is 88.2 cm³/mol. The Morgan fingerprint density at radius 3 is 2.42 bits per heavy atom. The molecule has 2 heterocycles. The third-order valence-electron chi connectivity index (χ3n) is 3.42. The minimum absolute atomic E-state index is 0.0663.